The highest BCUT2D eigenvalue weighted by Crippen LogP contribution is 2.14. The van der Waals surface area contributed by atoms with E-state index < -0.39 is 16.0 Å². The Hall–Kier alpha value is -3.17. The molecule has 0 bridgehead atoms. The number of esters is 1. The van der Waals surface area contributed by atoms with Crippen LogP contribution in [0.4, 0.5) is 4.39 Å². The predicted molar refractivity (Wildman–Crippen MR) is 101 cm³/mol. The maximum atomic E-state index is 12.8. The van der Waals surface area contributed by atoms with Gasteiger partial charge in [-0.3, -0.25) is 0 Å². The first-order chi connectivity index (χ1) is 13.9. The maximum absolute atomic E-state index is 12.8. The van der Waals surface area contributed by atoms with Gasteiger partial charge in [0.15, 0.2) is 0 Å². The van der Waals surface area contributed by atoms with Crippen LogP contribution in [0.5, 0.6) is 5.75 Å². The first-order valence-corrected chi connectivity index (χ1v) is 10.1. The number of rotatable bonds is 9. The fourth-order valence-corrected chi connectivity index (χ4v) is 3.40. The monoisotopic (exact) mass is 419 g/mol. The number of carbonyl (C=O) groups is 1. The van der Waals surface area contributed by atoms with Crippen LogP contribution in [0.15, 0.2) is 76.2 Å². The van der Waals surface area contributed by atoms with Gasteiger partial charge in [-0.25, -0.2) is 22.3 Å². The van der Waals surface area contributed by atoms with E-state index in [1.807, 2.05) is 0 Å². The summed E-state index contributed by atoms with van der Waals surface area (Å²) in [4.78, 5) is 12.1. The smallest absolute Gasteiger partial charge is 0.338 e. The Labute approximate surface area is 167 Å². The zero-order valence-electron chi connectivity index (χ0n) is 15.2. The molecule has 1 heterocycles. The van der Waals surface area contributed by atoms with E-state index in [2.05, 4.69) is 4.72 Å². The molecule has 0 aliphatic rings. The molecule has 0 fully saturated rings. The largest absolute Gasteiger partial charge is 0.490 e. The number of furan rings is 1. The molecule has 2 aromatic carbocycles. The van der Waals surface area contributed by atoms with Crippen LogP contribution in [-0.4, -0.2) is 27.6 Å². The fourth-order valence-electron chi connectivity index (χ4n) is 2.36. The van der Waals surface area contributed by atoms with E-state index in [0.29, 0.717) is 11.5 Å². The van der Waals surface area contributed by atoms with Gasteiger partial charge in [0.05, 0.1) is 23.3 Å². The molecule has 1 N–H and O–H groups in total. The molecular weight excluding hydrogens is 401 g/mol. The molecule has 0 saturated carbocycles. The molecule has 0 saturated heterocycles. The van der Waals surface area contributed by atoms with E-state index in [9.17, 15) is 17.6 Å². The summed E-state index contributed by atoms with van der Waals surface area (Å²) in [6.07, 6.45) is 1.44. The van der Waals surface area contributed by atoms with Crippen LogP contribution < -0.4 is 9.46 Å². The van der Waals surface area contributed by atoms with Crippen molar-refractivity contribution in [3.05, 3.63) is 84.1 Å². The van der Waals surface area contributed by atoms with Crippen molar-refractivity contribution in [2.45, 2.75) is 11.4 Å². The fraction of sp³-hybridized carbons (Fsp3) is 0.150. The van der Waals surface area contributed by atoms with Gasteiger partial charge in [0.2, 0.25) is 10.0 Å². The van der Waals surface area contributed by atoms with E-state index in [1.165, 1.54) is 54.8 Å². The summed E-state index contributed by atoms with van der Waals surface area (Å²) in [6, 6.07) is 14.2. The third-order valence-corrected chi connectivity index (χ3v) is 5.19. The summed E-state index contributed by atoms with van der Waals surface area (Å²) in [5, 5.41) is 0. The van der Waals surface area contributed by atoms with E-state index in [-0.39, 0.29) is 36.0 Å². The molecule has 1 aromatic heterocycles. The van der Waals surface area contributed by atoms with Gasteiger partial charge >= 0.3 is 5.97 Å². The number of ether oxygens (including phenoxy) is 2. The molecule has 0 atom stereocenters. The van der Waals surface area contributed by atoms with Gasteiger partial charge in [-0.1, -0.05) is 6.07 Å². The molecule has 9 heteroatoms. The highest BCUT2D eigenvalue weighted by atomic mass is 32.2. The second-order valence-electron chi connectivity index (χ2n) is 5.87. The summed E-state index contributed by atoms with van der Waals surface area (Å²) in [7, 11) is -3.83. The Kier molecular flexibility index (Phi) is 6.63. The topological polar surface area (TPSA) is 94.8 Å². The predicted octanol–water partition coefficient (Wildman–Crippen LogP) is 3.13. The molecular formula is C20H18FNO6S. The minimum atomic E-state index is -3.83. The number of sulfonamides is 1. The zero-order chi connectivity index (χ0) is 20.7. The molecule has 0 aliphatic carbocycles. The van der Waals surface area contributed by atoms with Gasteiger partial charge in [0, 0.05) is 0 Å². The van der Waals surface area contributed by atoms with E-state index >= 15 is 0 Å². The molecule has 29 heavy (non-hydrogen) atoms. The maximum Gasteiger partial charge on any atom is 0.338 e. The lowest BCUT2D eigenvalue weighted by atomic mass is 10.2. The summed E-state index contributed by atoms with van der Waals surface area (Å²) < 4.78 is 55.5. The van der Waals surface area contributed by atoms with Crippen LogP contribution in [0.2, 0.25) is 0 Å². The number of hydrogen-bond acceptors (Lipinski definition) is 6. The lowest BCUT2D eigenvalue weighted by Crippen LogP contribution is -2.23. The lowest BCUT2D eigenvalue weighted by Gasteiger charge is -2.09. The van der Waals surface area contributed by atoms with E-state index in [4.69, 9.17) is 13.9 Å². The van der Waals surface area contributed by atoms with Crippen molar-refractivity contribution in [1.82, 2.24) is 4.72 Å². The molecule has 152 valence electrons. The van der Waals surface area contributed by atoms with Crippen LogP contribution in [-0.2, 0) is 21.3 Å². The molecule has 0 aliphatic heterocycles. The van der Waals surface area contributed by atoms with Crippen molar-refractivity contribution >= 4 is 16.0 Å². The van der Waals surface area contributed by atoms with Gasteiger partial charge in [0.1, 0.15) is 30.5 Å². The van der Waals surface area contributed by atoms with Gasteiger partial charge in [-0.15, -0.1) is 0 Å². The van der Waals surface area contributed by atoms with Gasteiger partial charge < -0.3 is 13.9 Å². The number of nitrogens with one attached hydrogen (secondary N) is 1. The third-order valence-electron chi connectivity index (χ3n) is 3.80. The molecule has 3 rings (SSSR count). The Morgan fingerprint density at radius 1 is 1.03 bits per heavy atom. The third kappa shape index (κ3) is 5.90. The Bertz CT molecular complexity index is 1050. The van der Waals surface area contributed by atoms with Crippen molar-refractivity contribution in [3.63, 3.8) is 0 Å². The van der Waals surface area contributed by atoms with Crippen LogP contribution in [0, 0.1) is 5.82 Å². The molecule has 7 nitrogen and oxygen atoms in total. The highest BCUT2D eigenvalue weighted by Gasteiger charge is 2.17. The van der Waals surface area contributed by atoms with Crippen molar-refractivity contribution in [2.75, 3.05) is 13.2 Å². The van der Waals surface area contributed by atoms with Gasteiger partial charge in [-0.2, -0.15) is 0 Å². The number of hydrogen-bond donors (Lipinski definition) is 1. The second kappa shape index (κ2) is 9.35. The van der Waals surface area contributed by atoms with Crippen LogP contribution in [0.25, 0.3) is 0 Å². The average Bonchev–Trinajstić information content (AvgIpc) is 3.25. The van der Waals surface area contributed by atoms with Crippen molar-refractivity contribution < 1.29 is 31.5 Å². The van der Waals surface area contributed by atoms with E-state index in [1.54, 1.807) is 12.1 Å². The standard InChI is InChI=1S/C20H18FNO6S/c21-16-6-8-17(9-7-16)27-11-12-28-20(23)15-3-1-5-19(13-15)29(24,25)22-14-18-4-2-10-26-18/h1-10,13,22H,11-12,14H2. The molecule has 0 amide bonds. The molecule has 3 aromatic rings. The summed E-state index contributed by atoms with van der Waals surface area (Å²) in [5.41, 5.74) is 0.0904. The lowest BCUT2D eigenvalue weighted by molar-refractivity contribution is 0.0450. The number of benzene rings is 2. The Morgan fingerprint density at radius 3 is 2.55 bits per heavy atom. The normalized spacial score (nSPS) is 11.2. The van der Waals surface area contributed by atoms with Crippen LogP contribution in [0.1, 0.15) is 16.1 Å². The van der Waals surface area contributed by atoms with Gasteiger partial charge in [-0.05, 0) is 54.6 Å². The van der Waals surface area contributed by atoms with Gasteiger partial charge in [0.25, 0.3) is 0 Å². The molecule has 0 spiro atoms. The average molecular weight is 419 g/mol. The second-order valence-corrected chi connectivity index (χ2v) is 7.64. The first-order valence-electron chi connectivity index (χ1n) is 8.62. The highest BCUT2D eigenvalue weighted by molar-refractivity contribution is 7.89. The zero-order valence-corrected chi connectivity index (χ0v) is 16.0. The van der Waals surface area contributed by atoms with Crippen molar-refractivity contribution in [3.8, 4) is 5.75 Å². The minimum Gasteiger partial charge on any atom is -0.490 e. The Balaban J connectivity index is 1.53. The number of halogens is 1. The Morgan fingerprint density at radius 2 is 1.83 bits per heavy atom. The first kappa shape index (κ1) is 20.6. The summed E-state index contributed by atoms with van der Waals surface area (Å²) in [5.74, 6) is -0.156. The quantitative estimate of drug-likeness (QED) is 0.423. The SMILES string of the molecule is O=C(OCCOc1ccc(F)cc1)c1cccc(S(=O)(=O)NCc2ccco2)c1. The van der Waals surface area contributed by atoms with Crippen molar-refractivity contribution in [1.29, 1.82) is 0 Å². The summed E-state index contributed by atoms with van der Waals surface area (Å²) in [6.45, 7) is 0.00866. The molecule has 0 radical (unpaired) electrons. The molecule has 0 unspecified atom stereocenters. The number of carbonyl (C=O) groups excluding carboxylic acids is 1. The van der Waals surface area contributed by atoms with Crippen LogP contribution >= 0.6 is 0 Å². The minimum absolute atomic E-state index is 0.00919. The van der Waals surface area contributed by atoms with E-state index in [0.717, 1.165) is 0 Å². The van der Waals surface area contributed by atoms with Crippen molar-refractivity contribution in [2.24, 2.45) is 0 Å². The van der Waals surface area contributed by atoms with Crippen LogP contribution in [0.3, 0.4) is 0 Å². The summed E-state index contributed by atoms with van der Waals surface area (Å²) >= 11 is 0.